The fraction of sp³-hybridized carbons (Fsp3) is 0.263. The highest BCUT2D eigenvalue weighted by molar-refractivity contribution is 7.89. The Balaban J connectivity index is 1.69. The van der Waals surface area contributed by atoms with Crippen LogP contribution in [0.5, 0.6) is 0 Å². The van der Waals surface area contributed by atoms with Gasteiger partial charge in [-0.15, -0.1) is 0 Å². The summed E-state index contributed by atoms with van der Waals surface area (Å²) in [6.07, 6.45) is 0.419. The number of rotatable bonds is 5. The highest BCUT2D eigenvalue weighted by Gasteiger charge is 2.34. The van der Waals surface area contributed by atoms with E-state index in [1.54, 1.807) is 35.2 Å². The Bertz CT molecular complexity index is 962. The van der Waals surface area contributed by atoms with E-state index in [1.807, 2.05) is 13.0 Å². The number of amides is 1. The summed E-state index contributed by atoms with van der Waals surface area (Å²) in [4.78, 5) is 14.3. The molecule has 1 saturated heterocycles. The lowest BCUT2D eigenvalue weighted by Gasteiger charge is -2.17. The average Bonchev–Trinajstić information content (AvgIpc) is 2.95. The van der Waals surface area contributed by atoms with E-state index in [-0.39, 0.29) is 10.8 Å². The molecule has 1 fully saturated rings. The third-order valence-corrected chi connectivity index (χ3v) is 5.84. The Morgan fingerprint density at radius 2 is 1.96 bits per heavy atom. The lowest BCUT2D eigenvalue weighted by molar-refractivity contribution is -0.129. The SMILES string of the molecule is Cc1ccc(S(=O)(=O)N[C@H]2CCN(Cc3cccc(C#N)c3)C2=O)cc1. The van der Waals surface area contributed by atoms with E-state index in [2.05, 4.69) is 10.8 Å². The Labute approximate surface area is 153 Å². The van der Waals surface area contributed by atoms with Gasteiger partial charge < -0.3 is 4.90 Å². The van der Waals surface area contributed by atoms with Crippen molar-refractivity contribution < 1.29 is 13.2 Å². The van der Waals surface area contributed by atoms with Crippen LogP contribution in [0.1, 0.15) is 23.1 Å². The predicted octanol–water partition coefficient (Wildman–Crippen LogP) is 1.95. The van der Waals surface area contributed by atoms with Gasteiger partial charge in [-0.2, -0.15) is 9.98 Å². The van der Waals surface area contributed by atoms with Crippen LogP contribution in [0.15, 0.2) is 53.4 Å². The van der Waals surface area contributed by atoms with Crippen LogP contribution >= 0.6 is 0 Å². The maximum absolute atomic E-state index is 12.6. The molecule has 7 heteroatoms. The van der Waals surface area contributed by atoms with Crippen molar-refractivity contribution in [3.8, 4) is 6.07 Å². The number of likely N-dealkylation sites (tertiary alicyclic amines) is 1. The molecule has 134 valence electrons. The summed E-state index contributed by atoms with van der Waals surface area (Å²) >= 11 is 0. The Kier molecular flexibility index (Phi) is 5.07. The van der Waals surface area contributed by atoms with Gasteiger partial charge in [0.2, 0.25) is 15.9 Å². The van der Waals surface area contributed by atoms with Crippen molar-refractivity contribution in [1.29, 1.82) is 5.26 Å². The molecule has 0 bridgehead atoms. The molecule has 0 unspecified atom stereocenters. The molecule has 0 radical (unpaired) electrons. The maximum atomic E-state index is 12.6. The molecule has 1 N–H and O–H groups in total. The van der Waals surface area contributed by atoms with Gasteiger partial charge in [-0.1, -0.05) is 29.8 Å². The summed E-state index contributed by atoms with van der Waals surface area (Å²) in [6, 6.07) is 14.9. The predicted molar refractivity (Wildman–Crippen MR) is 96.5 cm³/mol. The lowest BCUT2D eigenvalue weighted by Crippen LogP contribution is -2.41. The fourth-order valence-electron chi connectivity index (χ4n) is 2.94. The molecule has 2 aromatic carbocycles. The summed E-state index contributed by atoms with van der Waals surface area (Å²) < 4.78 is 27.5. The van der Waals surface area contributed by atoms with Crippen molar-refractivity contribution in [2.45, 2.75) is 30.8 Å². The van der Waals surface area contributed by atoms with Gasteiger partial charge in [0.1, 0.15) is 6.04 Å². The van der Waals surface area contributed by atoms with Crippen LogP contribution in [-0.4, -0.2) is 31.8 Å². The number of nitrogens with one attached hydrogen (secondary N) is 1. The molecule has 2 aromatic rings. The number of carbonyl (C=O) groups excluding carboxylic acids is 1. The second-order valence-corrected chi connectivity index (χ2v) is 8.06. The Morgan fingerprint density at radius 1 is 1.23 bits per heavy atom. The van der Waals surface area contributed by atoms with Crippen molar-refractivity contribution in [1.82, 2.24) is 9.62 Å². The molecule has 26 heavy (non-hydrogen) atoms. The number of hydrogen-bond donors (Lipinski definition) is 1. The molecule has 1 atom stereocenters. The van der Waals surface area contributed by atoms with E-state index in [9.17, 15) is 13.2 Å². The summed E-state index contributed by atoms with van der Waals surface area (Å²) in [5.41, 5.74) is 2.34. The lowest BCUT2D eigenvalue weighted by atomic mass is 10.1. The number of carbonyl (C=O) groups is 1. The largest absolute Gasteiger partial charge is 0.337 e. The number of sulfonamides is 1. The zero-order chi connectivity index (χ0) is 18.7. The molecule has 0 saturated carbocycles. The quantitative estimate of drug-likeness (QED) is 0.872. The zero-order valence-corrected chi connectivity index (χ0v) is 15.2. The molecule has 3 rings (SSSR count). The summed E-state index contributed by atoms with van der Waals surface area (Å²) in [5, 5.41) is 8.96. The van der Waals surface area contributed by atoms with Gasteiger partial charge in [-0.05, 0) is 43.2 Å². The zero-order valence-electron chi connectivity index (χ0n) is 14.3. The Hall–Kier alpha value is -2.69. The molecule has 1 amide bonds. The van der Waals surface area contributed by atoms with Crippen LogP contribution in [0.3, 0.4) is 0 Å². The van der Waals surface area contributed by atoms with E-state index in [1.165, 1.54) is 12.1 Å². The summed E-state index contributed by atoms with van der Waals surface area (Å²) in [5.74, 6) is -0.247. The van der Waals surface area contributed by atoms with Gasteiger partial charge in [-0.25, -0.2) is 8.42 Å². The van der Waals surface area contributed by atoms with E-state index in [0.717, 1.165) is 11.1 Å². The third kappa shape index (κ3) is 3.93. The van der Waals surface area contributed by atoms with Gasteiger partial charge in [0.25, 0.3) is 0 Å². The number of benzene rings is 2. The van der Waals surface area contributed by atoms with E-state index >= 15 is 0 Å². The highest BCUT2D eigenvalue weighted by atomic mass is 32.2. The normalized spacial score (nSPS) is 17.3. The van der Waals surface area contributed by atoms with E-state index in [4.69, 9.17) is 5.26 Å². The first-order valence-electron chi connectivity index (χ1n) is 8.26. The number of nitrogens with zero attached hydrogens (tertiary/aromatic N) is 2. The van der Waals surface area contributed by atoms with Crippen molar-refractivity contribution in [3.05, 3.63) is 65.2 Å². The van der Waals surface area contributed by atoms with E-state index < -0.39 is 16.1 Å². The molecule has 1 heterocycles. The van der Waals surface area contributed by atoms with Gasteiger partial charge >= 0.3 is 0 Å². The molecule has 0 spiro atoms. The van der Waals surface area contributed by atoms with Crippen molar-refractivity contribution in [2.75, 3.05) is 6.54 Å². The van der Waals surface area contributed by atoms with E-state index in [0.29, 0.717) is 25.1 Å². The molecule has 0 aromatic heterocycles. The first kappa shape index (κ1) is 18.1. The second kappa shape index (κ2) is 7.28. The first-order chi connectivity index (χ1) is 12.4. The molecule has 6 nitrogen and oxygen atoms in total. The fourth-order valence-corrected chi connectivity index (χ4v) is 4.16. The molecule has 1 aliphatic heterocycles. The van der Waals surface area contributed by atoms with Crippen molar-refractivity contribution in [3.63, 3.8) is 0 Å². The Morgan fingerprint density at radius 3 is 2.65 bits per heavy atom. The molecular weight excluding hydrogens is 350 g/mol. The minimum Gasteiger partial charge on any atom is -0.337 e. The van der Waals surface area contributed by atoms with Crippen molar-refractivity contribution in [2.24, 2.45) is 0 Å². The van der Waals surface area contributed by atoms with Gasteiger partial charge in [-0.3, -0.25) is 4.79 Å². The number of hydrogen-bond acceptors (Lipinski definition) is 4. The topological polar surface area (TPSA) is 90.3 Å². The van der Waals surface area contributed by atoms with Crippen LogP contribution in [0.4, 0.5) is 0 Å². The smallest absolute Gasteiger partial charge is 0.241 e. The van der Waals surface area contributed by atoms with Gasteiger partial charge in [0, 0.05) is 13.1 Å². The molecule has 0 aliphatic carbocycles. The average molecular weight is 369 g/mol. The van der Waals surface area contributed by atoms with Crippen molar-refractivity contribution >= 4 is 15.9 Å². The monoisotopic (exact) mass is 369 g/mol. The van der Waals surface area contributed by atoms with Crippen LogP contribution in [0, 0.1) is 18.3 Å². The minimum atomic E-state index is -3.74. The molecular formula is C19H19N3O3S. The van der Waals surface area contributed by atoms with Crippen LogP contribution in [-0.2, 0) is 21.4 Å². The number of nitriles is 1. The van der Waals surface area contributed by atoms with Gasteiger partial charge in [0.05, 0.1) is 16.5 Å². The van der Waals surface area contributed by atoms with Gasteiger partial charge in [0.15, 0.2) is 0 Å². The van der Waals surface area contributed by atoms with Crippen LogP contribution in [0.2, 0.25) is 0 Å². The maximum Gasteiger partial charge on any atom is 0.241 e. The highest BCUT2D eigenvalue weighted by Crippen LogP contribution is 2.18. The van der Waals surface area contributed by atoms with Crippen LogP contribution < -0.4 is 4.72 Å². The standard InChI is InChI=1S/C19H19N3O3S/c1-14-5-7-17(8-6-14)26(24,25)21-18-9-10-22(19(18)23)13-16-4-2-3-15(11-16)12-20/h2-8,11,18,21H,9-10,13H2,1H3/t18-/m0/s1. The molecule has 1 aliphatic rings. The first-order valence-corrected chi connectivity index (χ1v) is 9.74. The third-order valence-electron chi connectivity index (χ3n) is 4.36. The number of aryl methyl sites for hydroxylation is 1. The minimum absolute atomic E-state index is 0.149. The summed E-state index contributed by atoms with van der Waals surface area (Å²) in [7, 11) is -3.74. The second-order valence-electron chi connectivity index (χ2n) is 6.35. The van der Waals surface area contributed by atoms with Crippen LogP contribution in [0.25, 0.3) is 0 Å². The summed E-state index contributed by atoms with van der Waals surface area (Å²) in [6.45, 7) is 2.71.